The van der Waals surface area contributed by atoms with Crippen molar-refractivity contribution in [2.24, 2.45) is 11.8 Å². The van der Waals surface area contributed by atoms with Crippen molar-refractivity contribution in [1.82, 2.24) is 10.0 Å². The van der Waals surface area contributed by atoms with Crippen molar-refractivity contribution >= 4 is 29.2 Å². The Hall–Kier alpha value is -4.14. The molecule has 9 nitrogen and oxygen atoms in total. The smallest absolute Gasteiger partial charge is 0.273 e. The van der Waals surface area contributed by atoms with Gasteiger partial charge >= 0.3 is 0 Å². The SMILES string of the molecule is CC1=CC[C@@H]2C(=O)N(N(C(=O)c3ccc([N+](=O)[O-])cc3)[C@@H](C)C(=O)c3ccc(C)cc3)C(=O)[C@@H]2C1. The van der Waals surface area contributed by atoms with E-state index in [2.05, 4.69) is 0 Å². The van der Waals surface area contributed by atoms with Gasteiger partial charge in [-0.25, -0.2) is 5.01 Å². The number of hydrogen-bond donors (Lipinski definition) is 0. The monoisotopic (exact) mass is 475 g/mol. The van der Waals surface area contributed by atoms with Crippen molar-refractivity contribution < 1.29 is 24.1 Å². The number of carbonyl (C=O) groups excluding carboxylic acids is 4. The summed E-state index contributed by atoms with van der Waals surface area (Å²) in [6.07, 6.45) is 2.71. The van der Waals surface area contributed by atoms with E-state index in [1.807, 2.05) is 19.9 Å². The topological polar surface area (TPSA) is 118 Å². The molecule has 2 aromatic rings. The number of carbonyl (C=O) groups is 4. The van der Waals surface area contributed by atoms with Crippen LogP contribution in [0.1, 0.15) is 53.0 Å². The predicted molar refractivity (Wildman–Crippen MR) is 126 cm³/mol. The number of non-ortho nitro benzene ring substituents is 1. The van der Waals surface area contributed by atoms with Gasteiger partial charge in [0.15, 0.2) is 5.78 Å². The Morgan fingerprint density at radius 2 is 1.54 bits per heavy atom. The summed E-state index contributed by atoms with van der Waals surface area (Å²) in [5.74, 6) is -3.45. The fourth-order valence-electron chi connectivity index (χ4n) is 4.60. The van der Waals surface area contributed by atoms with Crippen LogP contribution in [0.15, 0.2) is 60.2 Å². The molecule has 1 saturated heterocycles. The van der Waals surface area contributed by atoms with E-state index in [-0.39, 0.29) is 11.3 Å². The number of rotatable bonds is 6. The zero-order valence-electron chi connectivity index (χ0n) is 19.6. The minimum atomic E-state index is -1.18. The van der Waals surface area contributed by atoms with Crippen molar-refractivity contribution in [3.8, 4) is 0 Å². The molecule has 180 valence electrons. The standard InChI is InChI=1S/C26H25N3O6/c1-15-4-7-18(8-5-15)23(30)17(3)27(24(31)19-9-11-20(12-10-19)29(34)35)28-25(32)21-13-6-16(2)14-22(21)26(28)33/h4-12,17,21-22H,13-14H2,1-3H3/t17-,21-,22+/m0/s1. The van der Waals surface area contributed by atoms with Gasteiger partial charge in [-0.15, -0.1) is 0 Å². The molecular formula is C26H25N3O6. The molecule has 0 N–H and O–H groups in total. The minimum Gasteiger partial charge on any atom is -0.292 e. The Morgan fingerprint density at radius 1 is 0.971 bits per heavy atom. The summed E-state index contributed by atoms with van der Waals surface area (Å²) in [7, 11) is 0. The molecular weight excluding hydrogens is 450 g/mol. The molecule has 0 radical (unpaired) electrons. The number of Topliss-reactive ketones (excluding diaryl/α,β-unsaturated/α-hetero) is 1. The molecule has 1 aliphatic carbocycles. The number of ketones is 1. The van der Waals surface area contributed by atoms with Crippen LogP contribution in [0, 0.1) is 28.9 Å². The van der Waals surface area contributed by atoms with Crippen molar-refractivity contribution in [3.05, 3.63) is 87.0 Å². The maximum absolute atomic E-state index is 13.7. The van der Waals surface area contributed by atoms with Crippen LogP contribution < -0.4 is 0 Å². The van der Waals surface area contributed by atoms with Crippen LogP contribution in [0.3, 0.4) is 0 Å². The Balaban J connectivity index is 1.74. The molecule has 1 aliphatic heterocycles. The summed E-state index contributed by atoms with van der Waals surface area (Å²) in [5, 5.41) is 12.8. The first-order valence-corrected chi connectivity index (χ1v) is 11.3. The molecule has 1 fully saturated rings. The van der Waals surface area contributed by atoms with Crippen LogP contribution in [0.5, 0.6) is 0 Å². The maximum atomic E-state index is 13.7. The van der Waals surface area contributed by atoms with Gasteiger partial charge in [0.1, 0.15) is 6.04 Å². The third kappa shape index (κ3) is 4.37. The van der Waals surface area contributed by atoms with Crippen LogP contribution in [-0.4, -0.2) is 44.5 Å². The normalized spacial score (nSPS) is 20.2. The lowest BCUT2D eigenvalue weighted by Crippen LogP contribution is -2.56. The van der Waals surface area contributed by atoms with Crippen LogP contribution in [0.2, 0.25) is 0 Å². The fourth-order valence-corrected chi connectivity index (χ4v) is 4.60. The molecule has 0 spiro atoms. The third-order valence-electron chi connectivity index (χ3n) is 6.63. The lowest BCUT2D eigenvalue weighted by Gasteiger charge is -2.34. The first-order chi connectivity index (χ1) is 16.6. The molecule has 2 aromatic carbocycles. The Bertz CT molecular complexity index is 1250. The molecule has 9 heteroatoms. The van der Waals surface area contributed by atoms with Crippen LogP contribution >= 0.6 is 0 Å². The fraction of sp³-hybridized carbons (Fsp3) is 0.308. The van der Waals surface area contributed by atoms with Gasteiger partial charge in [-0.05, 0) is 45.7 Å². The summed E-state index contributed by atoms with van der Waals surface area (Å²) in [5.41, 5.74) is 2.08. The van der Waals surface area contributed by atoms with E-state index in [1.165, 1.54) is 31.2 Å². The molecule has 0 unspecified atom stereocenters. The van der Waals surface area contributed by atoms with E-state index in [0.29, 0.717) is 18.4 Å². The first kappa shape index (κ1) is 24.0. The second kappa shape index (κ2) is 9.25. The molecule has 3 amide bonds. The molecule has 0 saturated carbocycles. The van der Waals surface area contributed by atoms with Crippen molar-refractivity contribution in [1.29, 1.82) is 0 Å². The first-order valence-electron chi connectivity index (χ1n) is 11.3. The highest BCUT2D eigenvalue weighted by Gasteiger charge is 2.53. The predicted octanol–water partition coefficient (Wildman–Crippen LogP) is 3.87. The van der Waals surface area contributed by atoms with Gasteiger partial charge in [0.25, 0.3) is 23.4 Å². The number of imide groups is 1. The average Bonchev–Trinajstić information content (AvgIpc) is 3.08. The van der Waals surface area contributed by atoms with Gasteiger partial charge < -0.3 is 0 Å². The van der Waals surface area contributed by atoms with Gasteiger partial charge in [-0.3, -0.25) is 29.3 Å². The highest BCUT2D eigenvalue weighted by molar-refractivity contribution is 6.10. The summed E-state index contributed by atoms with van der Waals surface area (Å²) < 4.78 is 0. The van der Waals surface area contributed by atoms with Gasteiger partial charge in [0.05, 0.1) is 16.8 Å². The molecule has 0 aromatic heterocycles. The Kier molecular flexibility index (Phi) is 6.34. The largest absolute Gasteiger partial charge is 0.292 e. The van der Waals surface area contributed by atoms with Crippen LogP contribution in [0.4, 0.5) is 5.69 Å². The summed E-state index contributed by atoms with van der Waals surface area (Å²) in [6, 6.07) is 10.4. The second-order valence-corrected chi connectivity index (χ2v) is 9.05. The molecule has 4 rings (SSSR count). The number of amides is 3. The van der Waals surface area contributed by atoms with Gasteiger partial charge in [-0.2, -0.15) is 5.01 Å². The third-order valence-corrected chi connectivity index (χ3v) is 6.63. The highest BCUT2D eigenvalue weighted by Crippen LogP contribution is 2.39. The number of benzene rings is 2. The van der Waals surface area contributed by atoms with Crippen molar-refractivity contribution in [2.75, 3.05) is 0 Å². The molecule has 35 heavy (non-hydrogen) atoms. The van der Waals surface area contributed by atoms with Gasteiger partial charge in [-0.1, -0.05) is 41.5 Å². The van der Waals surface area contributed by atoms with E-state index >= 15 is 0 Å². The molecule has 2 aliphatic rings. The zero-order chi connectivity index (χ0) is 25.4. The minimum absolute atomic E-state index is 0.0175. The maximum Gasteiger partial charge on any atom is 0.273 e. The number of nitro groups is 1. The quantitative estimate of drug-likeness (QED) is 0.206. The van der Waals surface area contributed by atoms with Gasteiger partial charge in [0.2, 0.25) is 0 Å². The van der Waals surface area contributed by atoms with Crippen molar-refractivity contribution in [2.45, 2.75) is 39.7 Å². The lowest BCUT2D eigenvalue weighted by atomic mass is 9.82. The highest BCUT2D eigenvalue weighted by atomic mass is 16.6. The number of aryl methyl sites for hydroxylation is 1. The van der Waals surface area contributed by atoms with E-state index < -0.39 is 46.3 Å². The van der Waals surface area contributed by atoms with E-state index in [1.54, 1.807) is 24.3 Å². The number of nitrogens with zero attached hydrogens (tertiary/aromatic N) is 3. The number of hydrogen-bond acceptors (Lipinski definition) is 6. The summed E-state index contributed by atoms with van der Waals surface area (Å²) >= 11 is 0. The molecule has 0 bridgehead atoms. The molecule has 1 heterocycles. The van der Waals surface area contributed by atoms with E-state index in [0.717, 1.165) is 21.2 Å². The zero-order valence-corrected chi connectivity index (χ0v) is 19.6. The second-order valence-electron chi connectivity index (χ2n) is 9.05. The van der Waals surface area contributed by atoms with E-state index in [4.69, 9.17) is 0 Å². The molecule has 3 atom stereocenters. The number of fused-ring (bicyclic) bond motifs is 1. The van der Waals surface area contributed by atoms with Crippen LogP contribution in [-0.2, 0) is 9.59 Å². The lowest BCUT2D eigenvalue weighted by molar-refractivity contribution is -0.384. The number of allylic oxidation sites excluding steroid dienone is 2. The van der Waals surface area contributed by atoms with Gasteiger partial charge in [0, 0.05) is 23.3 Å². The number of hydrazine groups is 1. The van der Waals surface area contributed by atoms with Crippen LogP contribution in [0.25, 0.3) is 0 Å². The van der Waals surface area contributed by atoms with Crippen molar-refractivity contribution in [3.63, 3.8) is 0 Å². The summed E-state index contributed by atoms with van der Waals surface area (Å²) in [6.45, 7) is 5.24. The van der Waals surface area contributed by atoms with E-state index in [9.17, 15) is 29.3 Å². The Labute approximate surface area is 202 Å². The Morgan fingerprint density at radius 3 is 2.14 bits per heavy atom. The summed E-state index contributed by atoms with van der Waals surface area (Å²) in [4.78, 5) is 64.2. The average molecular weight is 476 g/mol. The number of nitro benzene ring substituents is 1.